The Morgan fingerprint density at radius 3 is 2.87 bits per heavy atom. The highest BCUT2D eigenvalue weighted by Gasteiger charge is 2.31. The van der Waals surface area contributed by atoms with E-state index in [-0.39, 0.29) is 11.9 Å². The average Bonchev–Trinajstić information content (AvgIpc) is 3.25. The molecule has 1 aromatic carbocycles. The number of likely N-dealkylation sites (tertiary alicyclic amines) is 1. The predicted molar refractivity (Wildman–Crippen MR) is 89.1 cm³/mol. The second-order valence-electron chi connectivity index (χ2n) is 5.48. The van der Waals surface area contributed by atoms with Crippen molar-refractivity contribution in [1.29, 1.82) is 0 Å². The Balaban J connectivity index is 1.74. The SMILES string of the molecule is COc1ccc(CC(=O)N2CCCC2c2nccs2)cc1OC. The van der Waals surface area contributed by atoms with Gasteiger partial charge in [-0.3, -0.25) is 4.79 Å². The van der Waals surface area contributed by atoms with E-state index in [2.05, 4.69) is 4.98 Å². The molecule has 1 atom stereocenters. The highest BCUT2D eigenvalue weighted by Crippen LogP contribution is 2.34. The fourth-order valence-electron chi connectivity index (χ4n) is 2.99. The summed E-state index contributed by atoms with van der Waals surface area (Å²) in [6.45, 7) is 0.802. The maximum absolute atomic E-state index is 12.7. The summed E-state index contributed by atoms with van der Waals surface area (Å²) in [7, 11) is 3.20. The molecule has 122 valence electrons. The van der Waals surface area contributed by atoms with Crippen molar-refractivity contribution >= 4 is 17.2 Å². The van der Waals surface area contributed by atoms with Gasteiger partial charge in [0.2, 0.25) is 5.91 Å². The number of rotatable bonds is 5. The summed E-state index contributed by atoms with van der Waals surface area (Å²) in [4.78, 5) is 19.0. The lowest BCUT2D eigenvalue weighted by Gasteiger charge is -2.23. The molecular weight excluding hydrogens is 312 g/mol. The molecule has 0 spiro atoms. The van der Waals surface area contributed by atoms with Crippen molar-refractivity contribution in [3.8, 4) is 11.5 Å². The van der Waals surface area contributed by atoms with Gasteiger partial charge < -0.3 is 14.4 Å². The van der Waals surface area contributed by atoms with Gasteiger partial charge in [0, 0.05) is 18.1 Å². The highest BCUT2D eigenvalue weighted by atomic mass is 32.1. The van der Waals surface area contributed by atoms with E-state index in [0.717, 1.165) is 30.0 Å². The van der Waals surface area contributed by atoms with Gasteiger partial charge in [0.1, 0.15) is 5.01 Å². The fourth-order valence-corrected chi connectivity index (χ4v) is 3.77. The van der Waals surface area contributed by atoms with Crippen LogP contribution in [0.25, 0.3) is 0 Å². The molecule has 0 N–H and O–H groups in total. The van der Waals surface area contributed by atoms with Crippen molar-refractivity contribution in [2.75, 3.05) is 20.8 Å². The lowest BCUT2D eigenvalue weighted by molar-refractivity contribution is -0.131. The van der Waals surface area contributed by atoms with Gasteiger partial charge in [0.05, 0.1) is 26.7 Å². The lowest BCUT2D eigenvalue weighted by Crippen LogP contribution is -2.31. The minimum absolute atomic E-state index is 0.127. The van der Waals surface area contributed by atoms with Crippen molar-refractivity contribution in [2.24, 2.45) is 0 Å². The van der Waals surface area contributed by atoms with Gasteiger partial charge in [-0.25, -0.2) is 4.98 Å². The quantitative estimate of drug-likeness (QED) is 0.844. The van der Waals surface area contributed by atoms with Gasteiger partial charge in [-0.05, 0) is 30.5 Å². The molecule has 0 radical (unpaired) electrons. The second kappa shape index (κ2) is 7.00. The first kappa shape index (κ1) is 15.8. The van der Waals surface area contributed by atoms with Gasteiger partial charge in [0.15, 0.2) is 11.5 Å². The van der Waals surface area contributed by atoms with Crippen LogP contribution in [-0.2, 0) is 11.2 Å². The zero-order valence-electron chi connectivity index (χ0n) is 13.3. The summed E-state index contributed by atoms with van der Waals surface area (Å²) in [6, 6.07) is 5.74. The minimum Gasteiger partial charge on any atom is -0.493 e. The molecule has 0 aliphatic carbocycles. The number of ether oxygens (including phenoxy) is 2. The van der Waals surface area contributed by atoms with Gasteiger partial charge in [-0.2, -0.15) is 0 Å². The number of benzene rings is 1. The van der Waals surface area contributed by atoms with Crippen molar-refractivity contribution in [1.82, 2.24) is 9.88 Å². The van der Waals surface area contributed by atoms with E-state index in [1.807, 2.05) is 28.5 Å². The fraction of sp³-hybridized carbons (Fsp3) is 0.412. The molecule has 2 heterocycles. The summed E-state index contributed by atoms with van der Waals surface area (Å²) >= 11 is 1.62. The Bertz CT molecular complexity index is 672. The molecule has 1 amide bonds. The average molecular weight is 332 g/mol. The molecule has 5 nitrogen and oxygen atoms in total. The predicted octanol–water partition coefficient (Wildman–Crippen LogP) is 3.07. The molecule has 0 bridgehead atoms. The van der Waals surface area contributed by atoms with E-state index in [1.54, 1.807) is 31.8 Å². The monoisotopic (exact) mass is 332 g/mol. The van der Waals surface area contributed by atoms with Crippen molar-refractivity contribution in [2.45, 2.75) is 25.3 Å². The van der Waals surface area contributed by atoms with Gasteiger partial charge in [-0.1, -0.05) is 6.07 Å². The van der Waals surface area contributed by atoms with Crippen LogP contribution in [0.3, 0.4) is 0 Å². The molecule has 2 aromatic rings. The van der Waals surface area contributed by atoms with E-state index in [4.69, 9.17) is 9.47 Å². The zero-order valence-corrected chi connectivity index (χ0v) is 14.1. The second-order valence-corrected chi connectivity index (χ2v) is 6.41. The summed E-state index contributed by atoms with van der Waals surface area (Å²) in [5.41, 5.74) is 0.928. The smallest absolute Gasteiger partial charge is 0.227 e. The number of nitrogens with zero attached hydrogens (tertiary/aromatic N) is 2. The number of hydrogen-bond donors (Lipinski definition) is 0. The van der Waals surface area contributed by atoms with E-state index >= 15 is 0 Å². The number of carbonyl (C=O) groups excluding carboxylic acids is 1. The Hall–Kier alpha value is -2.08. The largest absolute Gasteiger partial charge is 0.493 e. The molecule has 1 unspecified atom stereocenters. The Morgan fingerprint density at radius 2 is 2.17 bits per heavy atom. The van der Waals surface area contributed by atoms with Gasteiger partial charge in [-0.15, -0.1) is 11.3 Å². The van der Waals surface area contributed by atoms with Crippen molar-refractivity contribution < 1.29 is 14.3 Å². The standard InChI is InChI=1S/C17H20N2O3S/c1-21-14-6-5-12(10-15(14)22-2)11-16(20)19-8-3-4-13(19)17-18-7-9-23-17/h5-7,9-10,13H,3-4,8,11H2,1-2H3. The highest BCUT2D eigenvalue weighted by molar-refractivity contribution is 7.09. The summed E-state index contributed by atoms with van der Waals surface area (Å²) in [5, 5.41) is 2.99. The van der Waals surface area contributed by atoms with E-state index < -0.39 is 0 Å². The molecule has 1 fully saturated rings. The Kier molecular flexibility index (Phi) is 4.81. The third-order valence-corrected chi connectivity index (χ3v) is 4.99. The first-order valence-corrected chi connectivity index (χ1v) is 8.50. The first-order valence-electron chi connectivity index (χ1n) is 7.62. The van der Waals surface area contributed by atoms with Crippen molar-refractivity contribution in [3.63, 3.8) is 0 Å². The lowest BCUT2D eigenvalue weighted by atomic mass is 10.1. The first-order chi connectivity index (χ1) is 11.2. The number of methoxy groups -OCH3 is 2. The van der Waals surface area contributed by atoms with Crippen LogP contribution in [0.1, 0.15) is 29.5 Å². The molecule has 1 aliphatic rings. The van der Waals surface area contributed by atoms with Crippen LogP contribution in [0.15, 0.2) is 29.8 Å². The van der Waals surface area contributed by atoms with Crippen LogP contribution >= 0.6 is 11.3 Å². The summed E-state index contributed by atoms with van der Waals surface area (Å²) < 4.78 is 10.5. The van der Waals surface area contributed by atoms with Crippen LogP contribution in [-0.4, -0.2) is 36.6 Å². The zero-order chi connectivity index (χ0) is 16.2. The van der Waals surface area contributed by atoms with E-state index in [1.165, 1.54) is 0 Å². The van der Waals surface area contributed by atoms with Gasteiger partial charge in [0.25, 0.3) is 0 Å². The maximum atomic E-state index is 12.7. The number of hydrogen-bond acceptors (Lipinski definition) is 5. The number of amides is 1. The molecule has 23 heavy (non-hydrogen) atoms. The Labute approximate surface area is 139 Å². The molecule has 1 saturated heterocycles. The molecule has 0 saturated carbocycles. The van der Waals surface area contributed by atoms with E-state index in [9.17, 15) is 4.79 Å². The molecule has 3 rings (SSSR count). The van der Waals surface area contributed by atoms with E-state index in [0.29, 0.717) is 17.9 Å². The third-order valence-electron chi connectivity index (χ3n) is 4.11. The molecule has 6 heteroatoms. The van der Waals surface area contributed by atoms with Gasteiger partial charge >= 0.3 is 0 Å². The molecular formula is C17H20N2O3S. The topological polar surface area (TPSA) is 51.7 Å². The van der Waals surface area contributed by atoms with Crippen LogP contribution < -0.4 is 9.47 Å². The number of carbonyl (C=O) groups is 1. The van der Waals surface area contributed by atoms with Crippen LogP contribution in [0.5, 0.6) is 11.5 Å². The number of aromatic nitrogens is 1. The van der Waals surface area contributed by atoms with Crippen LogP contribution in [0, 0.1) is 0 Å². The third kappa shape index (κ3) is 3.32. The Morgan fingerprint density at radius 1 is 1.35 bits per heavy atom. The summed E-state index contributed by atoms with van der Waals surface area (Å²) in [6.07, 6.45) is 4.19. The van der Waals surface area contributed by atoms with Crippen LogP contribution in [0.2, 0.25) is 0 Å². The number of thiazole rings is 1. The van der Waals surface area contributed by atoms with Crippen LogP contribution in [0.4, 0.5) is 0 Å². The van der Waals surface area contributed by atoms with Crippen molar-refractivity contribution in [3.05, 3.63) is 40.3 Å². The normalized spacial score (nSPS) is 17.3. The molecule has 1 aliphatic heterocycles. The summed E-state index contributed by atoms with van der Waals surface area (Å²) in [5.74, 6) is 1.45. The molecule has 1 aromatic heterocycles. The maximum Gasteiger partial charge on any atom is 0.227 e. The minimum atomic E-state index is 0.127.